The zero-order valence-corrected chi connectivity index (χ0v) is 14.6. The van der Waals surface area contributed by atoms with Gasteiger partial charge in [-0.05, 0) is 36.2 Å². The SMILES string of the molecule is Cc1cccc(C=NNc2nc(Cl)nc3c2cnn3-c2cccnc2)c1. The molecule has 0 aliphatic rings. The third-order valence-electron chi connectivity index (χ3n) is 3.72. The smallest absolute Gasteiger partial charge is 0.226 e. The zero-order valence-electron chi connectivity index (χ0n) is 13.8. The van der Waals surface area contributed by atoms with E-state index in [1.165, 1.54) is 5.56 Å². The summed E-state index contributed by atoms with van der Waals surface area (Å²) in [6, 6.07) is 11.7. The van der Waals surface area contributed by atoms with E-state index in [4.69, 9.17) is 11.6 Å². The molecule has 1 N–H and O–H groups in total. The van der Waals surface area contributed by atoms with Crippen molar-refractivity contribution in [3.63, 3.8) is 0 Å². The number of halogens is 1. The number of hydrogen-bond donors (Lipinski definition) is 1. The number of aryl methyl sites for hydroxylation is 1. The Morgan fingerprint density at radius 2 is 2.08 bits per heavy atom. The summed E-state index contributed by atoms with van der Waals surface area (Å²) in [5, 5.41) is 9.44. The monoisotopic (exact) mass is 363 g/mol. The van der Waals surface area contributed by atoms with Gasteiger partial charge in [0.1, 0.15) is 0 Å². The van der Waals surface area contributed by atoms with Crippen LogP contribution < -0.4 is 5.43 Å². The second-order valence-electron chi connectivity index (χ2n) is 5.63. The number of anilines is 1. The van der Waals surface area contributed by atoms with E-state index in [-0.39, 0.29) is 5.28 Å². The number of nitrogens with one attached hydrogen (secondary N) is 1. The molecule has 128 valence electrons. The molecule has 0 saturated heterocycles. The first-order valence-corrected chi connectivity index (χ1v) is 8.26. The van der Waals surface area contributed by atoms with Crippen LogP contribution in [0.2, 0.25) is 5.28 Å². The fourth-order valence-corrected chi connectivity index (χ4v) is 2.72. The molecule has 0 amide bonds. The first-order valence-electron chi connectivity index (χ1n) is 7.88. The molecule has 0 fully saturated rings. The minimum Gasteiger partial charge on any atom is -0.262 e. The Hall–Kier alpha value is -3.32. The molecule has 0 spiro atoms. The van der Waals surface area contributed by atoms with Crippen molar-refractivity contribution >= 4 is 34.7 Å². The van der Waals surface area contributed by atoms with Gasteiger partial charge in [0.25, 0.3) is 0 Å². The lowest BCUT2D eigenvalue weighted by Crippen LogP contribution is -2.00. The molecule has 4 aromatic rings. The summed E-state index contributed by atoms with van der Waals surface area (Å²) >= 11 is 6.09. The van der Waals surface area contributed by atoms with Gasteiger partial charge in [0.15, 0.2) is 11.5 Å². The van der Waals surface area contributed by atoms with Crippen LogP contribution in [-0.2, 0) is 0 Å². The van der Waals surface area contributed by atoms with E-state index < -0.39 is 0 Å². The van der Waals surface area contributed by atoms with Crippen LogP contribution in [0, 0.1) is 6.92 Å². The molecule has 0 bridgehead atoms. The standard InChI is InChI=1S/C18H14ClN7/c1-12-4-2-5-13(8-12)9-21-25-16-15-11-22-26(14-6-3-7-20-10-14)17(15)24-18(19)23-16/h2-11H,1H3,(H,23,24,25). The third kappa shape index (κ3) is 3.25. The van der Waals surface area contributed by atoms with Crippen molar-refractivity contribution in [2.24, 2.45) is 5.10 Å². The number of pyridine rings is 1. The van der Waals surface area contributed by atoms with Gasteiger partial charge in [-0.3, -0.25) is 10.4 Å². The Balaban J connectivity index is 1.69. The summed E-state index contributed by atoms with van der Waals surface area (Å²) in [6.07, 6.45) is 6.79. The predicted octanol–water partition coefficient (Wildman–Crippen LogP) is 3.62. The molecule has 0 aliphatic heterocycles. The van der Waals surface area contributed by atoms with Crippen LogP contribution in [-0.4, -0.2) is 30.9 Å². The van der Waals surface area contributed by atoms with E-state index in [1.54, 1.807) is 29.5 Å². The van der Waals surface area contributed by atoms with Crippen molar-refractivity contribution in [3.05, 3.63) is 71.4 Å². The van der Waals surface area contributed by atoms with Crippen molar-refractivity contribution in [1.29, 1.82) is 0 Å². The molecule has 0 radical (unpaired) electrons. The highest BCUT2D eigenvalue weighted by Gasteiger charge is 2.13. The summed E-state index contributed by atoms with van der Waals surface area (Å²) in [6.45, 7) is 2.03. The molecule has 3 aromatic heterocycles. The number of hydrogen-bond acceptors (Lipinski definition) is 6. The van der Waals surface area contributed by atoms with E-state index >= 15 is 0 Å². The number of aromatic nitrogens is 5. The average molecular weight is 364 g/mol. The van der Waals surface area contributed by atoms with Crippen LogP contribution in [0.3, 0.4) is 0 Å². The number of nitrogens with zero attached hydrogens (tertiary/aromatic N) is 6. The average Bonchev–Trinajstić information content (AvgIpc) is 3.06. The maximum atomic E-state index is 6.09. The Bertz CT molecular complexity index is 1090. The second-order valence-corrected chi connectivity index (χ2v) is 5.97. The highest BCUT2D eigenvalue weighted by molar-refractivity contribution is 6.28. The number of rotatable bonds is 4. The normalized spacial score (nSPS) is 11.3. The molecule has 0 atom stereocenters. The quantitative estimate of drug-likeness (QED) is 0.340. The van der Waals surface area contributed by atoms with Gasteiger partial charge < -0.3 is 0 Å². The van der Waals surface area contributed by atoms with Crippen LogP contribution >= 0.6 is 11.6 Å². The molecule has 0 aliphatic carbocycles. The van der Waals surface area contributed by atoms with Crippen molar-refractivity contribution in [2.45, 2.75) is 6.92 Å². The molecular weight excluding hydrogens is 350 g/mol. The largest absolute Gasteiger partial charge is 0.262 e. The first-order chi connectivity index (χ1) is 12.7. The molecule has 7 nitrogen and oxygen atoms in total. The number of benzene rings is 1. The van der Waals surface area contributed by atoms with E-state index in [0.717, 1.165) is 11.3 Å². The fraction of sp³-hybridized carbons (Fsp3) is 0.0556. The molecule has 8 heteroatoms. The van der Waals surface area contributed by atoms with Gasteiger partial charge in [0.05, 0.1) is 29.7 Å². The molecule has 1 aromatic carbocycles. The van der Waals surface area contributed by atoms with Crippen molar-refractivity contribution < 1.29 is 0 Å². The van der Waals surface area contributed by atoms with Gasteiger partial charge in [0, 0.05) is 6.20 Å². The first kappa shape index (κ1) is 16.2. The fourth-order valence-electron chi connectivity index (χ4n) is 2.55. The van der Waals surface area contributed by atoms with Gasteiger partial charge in [-0.25, -0.2) is 4.68 Å². The number of fused-ring (bicyclic) bond motifs is 1. The van der Waals surface area contributed by atoms with Crippen LogP contribution in [0.5, 0.6) is 0 Å². The lowest BCUT2D eigenvalue weighted by atomic mass is 10.2. The minimum atomic E-state index is 0.108. The summed E-state index contributed by atoms with van der Waals surface area (Å²) in [4.78, 5) is 12.6. The van der Waals surface area contributed by atoms with Gasteiger partial charge in [-0.15, -0.1) is 0 Å². The topological polar surface area (TPSA) is 80.9 Å². The Labute approximate surface area is 154 Å². The summed E-state index contributed by atoms with van der Waals surface area (Å²) in [5.41, 5.74) is 6.44. The molecule has 0 saturated carbocycles. The van der Waals surface area contributed by atoms with Crippen LogP contribution in [0.25, 0.3) is 16.7 Å². The van der Waals surface area contributed by atoms with E-state index in [2.05, 4.69) is 30.6 Å². The van der Waals surface area contributed by atoms with Crippen molar-refractivity contribution in [2.75, 3.05) is 5.43 Å². The summed E-state index contributed by atoms with van der Waals surface area (Å²) in [5.74, 6) is 0.485. The number of hydrazone groups is 1. The maximum Gasteiger partial charge on any atom is 0.226 e. The molecular formula is C18H14ClN7. The molecule has 0 unspecified atom stereocenters. The lowest BCUT2D eigenvalue weighted by Gasteiger charge is -2.04. The molecule has 3 heterocycles. The summed E-state index contributed by atoms with van der Waals surface area (Å²) in [7, 11) is 0. The zero-order chi connectivity index (χ0) is 17.9. The highest BCUT2D eigenvalue weighted by atomic mass is 35.5. The highest BCUT2D eigenvalue weighted by Crippen LogP contribution is 2.23. The van der Waals surface area contributed by atoms with Crippen molar-refractivity contribution in [3.8, 4) is 5.69 Å². The Morgan fingerprint density at radius 1 is 1.15 bits per heavy atom. The maximum absolute atomic E-state index is 6.09. The van der Waals surface area contributed by atoms with E-state index in [0.29, 0.717) is 16.9 Å². The van der Waals surface area contributed by atoms with E-state index in [9.17, 15) is 0 Å². The van der Waals surface area contributed by atoms with Crippen molar-refractivity contribution in [1.82, 2.24) is 24.7 Å². The lowest BCUT2D eigenvalue weighted by molar-refractivity contribution is 0.888. The van der Waals surface area contributed by atoms with E-state index in [1.807, 2.05) is 43.3 Å². The summed E-state index contributed by atoms with van der Waals surface area (Å²) < 4.78 is 1.66. The Kier molecular flexibility index (Phi) is 4.28. The third-order valence-corrected chi connectivity index (χ3v) is 3.89. The Morgan fingerprint density at radius 3 is 2.88 bits per heavy atom. The van der Waals surface area contributed by atoms with Gasteiger partial charge in [-0.1, -0.05) is 29.8 Å². The predicted molar refractivity (Wildman–Crippen MR) is 102 cm³/mol. The van der Waals surface area contributed by atoms with Gasteiger partial charge in [-0.2, -0.15) is 20.2 Å². The molecule has 26 heavy (non-hydrogen) atoms. The van der Waals surface area contributed by atoms with Crippen LogP contribution in [0.15, 0.2) is 60.1 Å². The second kappa shape index (κ2) is 6.89. The van der Waals surface area contributed by atoms with Crippen LogP contribution in [0.1, 0.15) is 11.1 Å². The minimum absolute atomic E-state index is 0.108. The van der Waals surface area contributed by atoms with Gasteiger partial charge in [0.2, 0.25) is 5.28 Å². The molecule has 4 rings (SSSR count). The van der Waals surface area contributed by atoms with Gasteiger partial charge >= 0.3 is 0 Å². The van der Waals surface area contributed by atoms with Crippen LogP contribution in [0.4, 0.5) is 5.82 Å².